The fraction of sp³-hybridized carbons (Fsp3) is 0.333. The summed E-state index contributed by atoms with van der Waals surface area (Å²) in [6, 6.07) is 7.44. The molecule has 0 unspecified atom stereocenters. The molecule has 0 atom stereocenters. The quantitative estimate of drug-likeness (QED) is 0.876. The van der Waals surface area contributed by atoms with Gasteiger partial charge < -0.3 is 15.2 Å². The van der Waals surface area contributed by atoms with Gasteiger partial charge in [-0.25, -0.2) is 0 Å². The van der Waals surface area contributed by atoms with Crippen LogP contribution in [0.4, 0.5) is 0 Å². The van der Waals surface area contributed by atoms with Gasteiger partial charge in [0.2, 0.25) is 0 Å². The molecule has 0 bridgehead atoms. The van der Waals surface area contributed by atoms with Crippen LogP contribution in [-0.2, 0) is 9.59 Å². The zero-order valence-electron chi connectivity index (χ0n) is 11.5. The highest BCUT2D eigenvalue weighted by Crippen LogP contribution is 2.25. The van der Waals surface area contributed by atoms with Crippen molar-refractivity contribution >= 4 is 18.0 Å². The van der Waals surface area contributed by atoms with E-state index in [4.69, 9.17) is 9.84 Å². The predicted octanol–water partition coefficient (Wildman–Crippen LogP) is 1.69. The monoisotopic (exact) mass is 275 g/mol. The minimum atomic E-state index is -0.996. The molecule has 0 saturated carbocycles. The third-order valence-electron chi connectivity index (χ3n) is 3.19. The SMILES string of the molecule is CC(C)(CNC(=O)C1=Cc2ccccc2OC1)C(=O)O. The van der Waals surface area contributed by atoms with Crippen molar-refractivity contribution in [2.24, 2.45) is 5.41 Å². The Kier molecular flexibility index (Phi) is 3.79. The summed E-state index contributed by atoms with van der Waals surface area (Å²) in [5.74, 6) is -0.499. The first-order valence-electron chi connectivity index (χ1n) is 6.34. The van der Waals surface area contributed by atoms with Crippen LogP contribution >= 0.6 is 0 Å². The number of carboxylic acids is 1. The summed E-state index contributed by atoms with van der Waals surface area (Å²) in [6.45, 7) is 3.39. The number of rotatable bonds is 4. The Labute approximate surface area is 117 Å². The molecule has 0 fully saturated rings. The fourth-order valence-electron chi connectivity index (χ4n) is 1.74. The molecular formula is C15H17NO4. The summed E-state index contributed by atoms with van der Waals surface area (Å²) in [6.07, 6.45) is 1.77. The molecule has 0 saturated heterocycles. The van der Waals surface area contributed by atoms with Crippen LogP contribution in [0.25, 0.3) is 6.08 Å². The van der Waals surface area contributed by atoms with E-state index in [-0.39, 0.29) is 19.1 Å². The number of nitrogens with one attached hydrogen (secondary N) is 1. The van der Waals surface area contributed by atoms with E-state index in [1.807, 2.05) is 24.3 Å². The van der Waals surface area contributed by atoms with Gasteiger partial charge in [-0.05, 0) is 26.0 Å². The maximum absolute atomic E-state index is 12.0. The van der Waals surface area contributed by atoms with Crippen LogP contribution in [-0.4, -0.2) is 30.1 Å². The van der Waals surface area contributed by atoms with Crippen LogP contribution in [0.15, 0.2) is 29.8 Å². The molecule has 20 heavy (non-hydrogen) atoms. The number of hydrogen-bond donors (Lipinski definition) is 2. The number of para-hydroxylation sites is 1. The molecule has 1 aliphatic rings. The van der Waals surface area contributed by atoms with Gasteiger partial charge in [-0.15, -0.1) is 0 Å². The predicted molar refractivity (Wildman–Crippen MR) is 74.3 cm³/mol. The third kappa shape index (κ3) is 2.99. The highest BCUT2D eigenvalue weighted by atomic mass is 16.5. The number of amides is 1. The van der Waals surface area contributed by atoms with E-state index in [9.17, 15) is 9.59 Å². The lowest BCUT2D eigenvalue weighted by molar-refractivity contribution is -0.146. The van der Waals surface area contributed by atoms with Gasteiger partial charge in [0.25, 0.3) is 5.91 Å². The van der Waals surface area contributed by atoms with E-state index in [0.29, 0.717) is 5.57 Å². The van der Waals surface area contributed by atoms with E-state index in [1.165, 1.54) is 0 Å². The highest BCUT2D eigenvalue weighted by molar-refractivity contribution is 5.99. The Hall–Kier alpha value is -2.30. The zero-order valence-corrected chi connectivity index (χ0v) is 11.5. The van der Waals surface area contributed by atoms with Crippen LogP contribution in [0.2, 0.25) is 0 Å². The van der Waals surface area contributed by atoms with Gasteiger partial charge in [-0.2, -0.15) is 0 Å². The van der Waals surface area contributed by atoms with Crippen LogP contribution in [0.3, 0.4) is 0 Å². The number of hydrogen-bond acceptors (Lipinski definition) is 3. The van der Waals surface area contributed by atoms with E-state index in [0.717, 1.165) is 11.3 Å². The summed E-state index contributed by atoms with van der Waals surface area (Å²) < 4.78 is 5.49. The molecule has 0 aliphatic carbocycles. The molecule has 5 heteroatoms. The first-order valence-corrected chi connectivity index (χ1v) is 6.34. The van der Waals surface area contributed by atoms with Crippen molar-refractivity contribution in [2.75, 3.05) is 13.2 Å². The number of carbonyl (C=O) groups is 2. The lowest BCUT2D eigenvalue weighted by Gasteiger charge is -2.21. The normalized spacial score (nSPS) is 13.8. The minimum absolute atomic E-state index is 0.0696. The van der Waals surface area contributed by atoms with Crippen molar-refractivity contribution in [3.63, 3.8) is 0 Å². The molecule has 1 aliphatic heterocycles. The summed E-state index contributed by atoms with van der Waals surface area (Å²) in [5.41, 5.74) is 0.343. The average Bonchev–Trinajstić information content (AvgIpc) is 2.44. The van der Waals surface area contributed by atoms with Gasteiger partial charge in [0.15, 0.2) is 0 Å². The molecule has 106 valence electrons. The van der Waals surface area contributed by atoms with Crippen molar-refractivity contribution in [2.45, 2.75) is 13.8 Å². The minimum Gasteiger partial charge on any atom is -0.488 e. The van der Waals surface area contributed by atoms with E-state index >= 15 is 0 Å². The van der Waals surface area contributed by atoms with Gasteiger partial charge in [-0.1, -0.05) is 18.2 Å². The summed E-state index contributed by atoms with van der Waals surface area (Å²) >= 11 is 0. The van der Waals surface area contributed by atoms with Crippen LogP contribution in [0.5, 0.6) is 5.75 Å². The molecule has 0 aromatic heterocycles. The second-order valence-electron chi connectivity index (χ2n) is 5.37. The number of fused-ring (bicyclic) bond motifs is 1. The third-order valence-corrected chi connectivity index (χ3v) is 3.19. The zero-order chi connectivity index (χ0) is 14.8. The lowest BCUT2D eigenvalue weighted by Crippen LogP contribution is -2.40. The van der Waals surface area contributed by atoms with Crippen molar-refractivity contribution < 1.29 is 19.4 Å². The number of benzene rings is 1. The van der Waals surface area contributed by atoms with Crippen molar-refractivity contribution in [1.82, 2.24) is 5.32 Å². The Morgan fingerprint density at radius 1 is 1.35 bits per heavy atom. The molecule has 1 aromatic carbocycles. The van der Waals surface area contributed by atoms with Gasteiger partial charge in [0.05, 0.1) is 11.0 Å². The smallest absolute Gasteiger partial charge is 0.310 e. The Bertz CT molecular complexity index is 575. The molecule has 1 heterocycles. The maximum Gasteiger partial charge on any atom is 0.310 e. The molecule has 2 N–H and O–H groups in total. The van der Waals surface area contributed by atoms with Crippen molar-refractivity contribution in [3.05, 3.63) is 35.4 Å². The Balaban J connectivity index is 2.05. The van der Waals surface area contributed by atoms with Gasteiger partial charge >= 0.3 is 5.97 Å². The maximum atomic E-state index is 12.0. The van der Waals surface area contributed by atoms with Crippen LogP contribution < -0.4 is 10.1 Å². The van der Waals surface area contributed by atoms with E-state index in [1.54, 1.807) is 19.9 Å². The van der Waals surface area contributed by atoms with E-state index in [2.05, 4.69) is 5.32 Å². The van der Waals surface area contributed by atoms with Gasteiger partial charge in [0, 0.05) is 12.1 Å². The fourth-order valence-corrected chi connectivity index (χ4v) is 1.74. The largest absolute Gasteiger partial charge is 0.488 e. The Morgan fingerprint density at radius 3 is 2.75 bits per heavy atom. The lowest BCUT2D eigenvalue weighted by atomic mass is 9.94. The Morgan fingerprint density at radius 2 is 2.05 bits per heavy atom. The van der Waals surface area contributed by atoms with Gasteiger partial charge in [0.1, 0.15) is 12.4 Å². The number of aliphatic carboxylic acids is 1. The molecular weight excluding hydrogens is 258 g/mol. The van der Waals surface area contributed by atoms with Gasteiger partial charge in [-0.3, -0.25) is 9.59 Å². The molecule has 2 rings (SSSR count). The first kappa shape index (κ1) is 14.1. The second kappa shape index (κ2) is 5.36. The molecule has 1 aromatic rings. The topological polar surface area (TPSA) is 75.6 Å². The van der Waals surface area contributed by atoms with Crippen molar-refractivity contribution in [3.8, 4) is 5.75 Å². The van der Waals surface area contributed by atoms with Crippen LogP contribution in [0, 0.1) is 5.41 Å². The molecule has 0 radical (unpaired) electrons. The van der Waals surface area contributed by atoms with Crippen molar-refractivity contribution in [1.29, 1.82) is 0 Å². The highest BCUT2D eigenvalue weighted by Gasteiger charge is 2.28. The number of carboxylic acid groups (broad SMARTS) is 1. The van der Waals surface area contributed by atoms with E-state index < -0.39 is 11.4 Å². The molecule has 0 spiro atoms. The average molecular weight is 275 g/mol. The first-order chi connectivity index (χ1) is 9.40. The number of ether oxygens (including phenoxy) is 1. The van der Waals surface area contributed by atoms with Crippen LogP contribution in [0.1, 0.15) is 19.4 Å². The standard InChI is InChI=1S/C15H17NO4/c1-15(2,14(18)19)9-16-13(17)11-7-10-5-3-4-6-12(10)20-8-11/h3-7H,8-9H2,1-2H3,(H,16,17)(H,18,19). The summed E-state index contributed by atoms with van der Waals surface area (Å²) in [4.78, 5) is 23.0. The molecule has 1 amide bonds. The second-order valence-corrected chi connectivity index (χ2v) is 5.37. The summed E-state index contributed by atoms with van der Waals surface area (Å²) in [7, 11) is 0. The number of carbonyl (C=O) groups excluding carboxylic acids is 1. The summed E-state index contributed by atoms with van der Waals surface area (Å²) in [5, 5.41) is 11.6. The molecule has 5 nitrogen and oxygen atoms in total.